The third-order valence-electron chi connectivity index (χ3n) is 9.67. The molecule has 0 aromatic heterocycles. The predicted molar refractivity (Wildman–Crippen MR) is 114 cm³/mol. The van der Waals surface area contributed by atoms with Gasteiger partial charge < -0.3 is 14.9 Å². The van der Waals surface area contributed by atoms with Crippen molar-refractivity contribution in [3.8, 4) is 0 Å². The van der Waals surface area contributed by atoms with Crippen molar-refractivity contribution in [2.75, 3.05) is 13.2 Å². The van der Waals surface area contributed by atoms with Crippen LogP contribution in [0.5, 0.6) is 0 Å². The molecule has 0 heterocycles. The van der Waals surface area contributed by atoms with E-state index < -0.39 is 16.6 Å². The number of fused-ring (bicyclic) bond motifs is 5. The molecule has 6 nitrogen and oxygen atoms in total. The molecule has 0 aromatic carbocycles. The Morgan fingerprint density at radius 2 is 1.93 bits per heavy atom. The quantitative estimate of drug-likeness (QED) is 0.522. The molecule has 0 aromatic rings. The van der Waals surface area contributed by atoms with Gasteiger partial charge in [0.1, 0.15) is 5.78 Å². The largest absolute Gasteiger partial charge is 0.394 e. The topological polar surface area (TPSA) is 96.2 Å². The van der Waals surface area contributed by atoms with Gasteiger partial charge in [-0.25, -0.2) is 0 Å². The van der Waals surface area contributed by atoms with E-state index in [1.54, 1.807) is 0 Å². The van der Waals surface area contributed by atoms with E-state index >= 15 is 0 Å². The van der Waals surface area contributed by atoms with Crippen LogP contribution in [0.2, 0.25) is 0 Å². The van der Waals surface area contributed by atoms with Crippen molar-refractivity contribution in [2.45, 2.75) is 89.9 Å². The smallest absolute Gasteiger partial charge is 0.142 e. The lowest BCUT2D eigenvalue weighted by Gasteiger charge is -2.61. The fourth-order valence-electron chi connectivity index (χ4n) is 7.90. The molecule has 3 saturated carbocycles. The average molecular weight is 420 g/mol. The number of carbonyl (C=O) groups is 1. The maximum atomic E-state index is 13.8. The molecule has 30 heavy (non-hydrogen) atoms. The molecular weight excluding hydrogens is 382 g/mol. The summed E-state index contributed by atoms with van der Waals surface area (Å²) in [5.41, 5.74) is -1.38. The lowest BCUT2D eigenvalue weighted by Crippen LogP contribution is -2.66. The second-order valence-electron chi connectivity index (χ2n) is 11.1. The van der Waals surface area contributed by atoms with Gasteiger partial charge in [-0.1, -0.05) is 23.7 Å². The van der Waals surface area contributed by atoms with Crippen LogP contribution in [0.3, 0.4) is 0 Å². The number of hydrogen-bond donors (Lipinski definition) is 2. The fraction of sp³-hybridized carbons (Fsp3) is 0.875. The maximum Gasteiger partial charge on any atom is 0.142 e. The van der Waals surface area contributed by atoms with E-state index in [9.17, 15) is 19.9 Å². The van der Waals surface area contributed by atoms with E-state index in [-0.39, 0.29) is 48.2 Å². The third kappa shape index (κ3) is 2.82. The number of nitrogens with zero attached hydrogens (tertiary/aromatic N) is 1. The van der Waals surface area contributed by atoms with Gasteiger partial charge >= 0.3 is 0 Å². The Bertz CT molecular complexity index is 763. The molecule has 7 atom stereocenters. The van der Waals surface area contributed by atoms with Crippen molar-refractivity contribution >= 4 is 5.78 Å². The normalized spacial score (nSPS) is 45.9. The number of rotatable bonds is 5. The van der Waals surface area contributed by atoms with Crippen LogP contribution in [0.15, 0.2) is 16.8 Å². The number of carbonyl (C=O) groups excluding carboxylic acids is 1. The van der Waals surface area contributed by atoms with Gasteiger partial charge in [-0.15, -0.1) is 0 Å². The number of ether oxygens (including phenoxy) is 1. The van der Waals surface area contributed by atoms with Gasteiger partial charge in [0.05, 0.1) is 35.9 Å². The van der Waals surface area contributed by atoms with Gasteiger partial charge in [-0.3, -0.25) is 4.79 Å². The molecule has 0 amide bonds. The zero-order valence-electron chi connectivity index (χ0n) is 18.8. The highest BCUT2D eigenvalue weighted by molar-refractivity contribution is 5.88. The first-order valence-corrected chi connectivity index (χ1v) is 11.6. The molecule has 4 aliphatic rings. The van der Waals surface area contributed by atoms with Crippen LogP contribution in [-0.4, -0.2) is 46.5 Å². The second-order valence-corrected chi connectivity index (χ2v) is 11.1. The number of aliphatic hydroxyl groups excluding tert-OH is 1. The summed E-state index contributed by atoms with van der Waals surface area (Å²) in [4.78, 5) is 24.9. The minimum absolute atomic E-state index is 0.0355. The molecule has 4 rings (SSSR count). The Morgan fingerprint density at radius 3 is 2.60 bits per heavy atom. The van der Waals surface area contributed by atoms with Gasteiger partial charge in [0.2, 0.25) is 0 Å². The SMILES string of the molecule is CC(C)(OCCO)C1CC[C@]2(O)C3CC=C4C[C@@H](N=O)CC[C@]4(C)C3CC(=O)[C@]12C. The van der Waals surface area contributed by atoms with E-state index in [1.165, 1.54) is 5.57 Å². The molecule has 0 saturated heterocycles. The summed E-state index contributed by atoms with van der Waals surface area (Å²) >= 11 is 0. The van der Waals surface area contributed by atoms with Crippen molar-refractivity contribution < 1.29 is 19.7 Å². The van der Waals surface area contributed by atoms with E-state index in [4.69, 9.17) is 4.74 Å². The van der Waals surface area contributed by atoms with Crippen LogP contribution >= 0.6 is 0 Å². The minimum atomic E-state index is -1.05. The van der Waals surface area contributed by atoms with Crippen LogP contribution in [0.1, 0.15) is 72.6 Å². The van der Waals surface area contributed by atoms with Gasteiger partial charge in [0, 0.05) is 12.3 Å². The Kier molecular flexibility index (Phi) is 5.31. The molecule has 168 valence electrons. The van der Waals surface area contributed by atoms with Crippen molar-refractivity contribution in [2.24, 2.45) is 33.8 Å². The summed E-state index contributed by atoms with van der Waals surface area (Å²) in [5.74, 6) is 0.194. The summed E-state index contributed by atoms with van der Waals surface area (Å²) < 4.78 is 5.97. The maximum absolute atomic E-state index is 13.8. The first-order chi connectivity index (χ1) is 14.0. The second kappa shape index (κ2) is 7.21. The zero-order valence-corrected chi connectivity index (χ0v) is 18.8. The third-order valence-corrected chi connectivity index (χ3v) is 9.67. The van der Waals surface area contributed by atoms with Crippen LogP contribution in [0, 0.1) is 33.5 Å². The number of ketones is 1. The number of hydrogen-bond acceptors (Lipinski definition) is 6. The van der Waals surface area contributed by atoms with Gasteiger partial charge in [0.25, 0.3) is 0 Å². The van der Waals surface area contributed by atoms with Gasteiger partial charge in [-0.05, 0) is 76.5 Å². The predicted octanol–water partition coefficient (Wildman–Crippen LogP) is 3.78. The molecule has 0 aliphatic heterocycles. The van der Waals surface area contributed by atoms with Crippen molar-refractivity contribution in [1.82, 2.24) is 0 Å². The number of aliphatic hydroxyl groups is 2. The highest BCUT2D eigenvalue weighted by atomic mass is 16.5. The Labute approximate surface area is 179 Å². The first-order valence-electron chi connectivity index (χ1n) is 11.6. The Balaban J connectivity index is 1.70. The highest BCUT2D eigenvalue weighted by Gasteiger charge is 2.71. The summed E-state index contributed by atoms with van der Waals surface area (Å²) in [6.07, 6.45) is 7.12. The Morgan fingerprint density at radius 1 is 1.20 bits per heavy atom. The molecule has 3 unspecified atom stereocenters. The molecule has 4 aliphatic carbocycles. The molecular formula is C24H37NO5. The van der Waals surface area contributed by atoms with E-state index in [2.05, 4.69) is 18.2 Å². The van der Waals surface area contributed by atoms with Gasteiger partial charge in [0.15, 0.2) is 0 Å². The van der Waals surface area contributed by atoms with E-state index in [1.807, 2.05) is 20.8 Å². The number of Topliss-reactive ketones (excluding diaryl/α,β-unsaturated/α-hetero) is 1. The average Bonchev–Trinajstić information content (AvgIpc) is 3.00. The monoisotopic (exact) mass is 419 g/mol. The summed E-state index contributed by atoms with van der Waals surface area (Å²) in [7, 11) is 0. The lowest BCUT2D eigenvalue weighted by molar-refractivity contribution is -0.201. The molecule has 3 fully saturated rings. The minimum Gasteiger partial charge on any atom is -0.394 e. The highest BCUT2D eigenvalue weighted by Crippen LogP contribution is 2.68. The van der Waals surface area contributed by atoms with Gasteiger partial charge in [-0.2, -0.15) is 4.91 Å². The summed E-state index contributed by atoms with van der Waals surface area (Å²) in [6, 6.07) is -0.158. The van der Waals surface area contributed by atoms with Crippen LogP contribution in [0.25, 0.3) is 0 Å². The molecule has 6 heteroatoms. The Hall–Kier alpha value is -1.11. The lowest BCUT2D eigenvalue weighted by atomic mass is 9.44. The summed E-state index contributed by atoms with van der Waals surface area (Å²) in [5, 5.41) is 24.7. The van der Waals surface area contributed by atoms with Crippen LogP contribution in [0.4, 0.5) is 0 Å². The van der Waals surface area contributed by atoms with Crippen molar-refractivity contribution in [3.63, 3.8) is 0 Å². The number of nitroso groups, excluding NO2 is 1. The van der Waals surface area contributed by atoms with E-state index in [0.717, 1.165) is 25.7 Å². The molecule has 2 N–H and O–H groups in total. The molecule has 0 spiro atoms. The van der Waals surface area contributed by atoms with Crippen molar-refractivity contribution in [1.29, 1.82) is 0 Å². The fourth-order valence-corrected chi connectivity index (χ4v) is 7.90. The number of allylic oxidation sites excluding steroid dienone is 1. The zero-order chi connectivity index (χ0) is 21.9. The first kappa shape index (κ1) is 22.1. The van der Waals surface area contributed by atoms with Crippen molar-refractivity contribution in [3.05, 3.63) is 16.6 Å². The van der Waals surface area contributed by atoms with Crippen LogP contribution in [-0.2, 0) is 9.53 Å². The molecule has 0 radical (unpaired) electrons. The van der Waals surface area contributed by atoms with E-state index in [0.29, 0.717) is 19.3 Å². The summed E-state index contributed by atoms with van der Waals surface area (Å²) in [6.45, 7) is 8.33. The van der Waals surface area contributed by atoms with Crippen LogP contribution < -0.4 is 0 Å². The molecule has 0 bridgehead atoms. The standard InChI is InChI=1S/C24H37NO5/c1-21(2,30-12-11-26)19-8-10-24(28)17-6-5-15-13-16(25-29)7-9-22(15,3)18(17)14-20(27)23(19,24)4/h5,16-19,26,28H,6-14H2,1-4H3/t16-,17?,18?,19?,22-,23-,24-/m0/s1.